The SMILES string of the molecule is N=C(N)NC(=N)NCCc1cccc(O)c1O. The molecule has 0 aliphatic carbocycles. The quantitative estimate of drug-likeness (QED) is 0.219. The van der Waals surface area contributed by atoms with Crippen LogP contribution in [0.15, 0.2) is 18.2 Å². The van der Waals surface area contributed by atoms with Crippen molar-refractivity contribution in [1.82, 2.24) is 10.6 Å². The molecule has 17 heavy (non-hydrogen) atoms. The Morgan fingerprint density at radius 2 is 2.00 bits per heavy atom. The summed E-state index contributed by atoms with van der Waals surface area (Å²) in [4.78, 5) is 0. The van der Waals surface area contributed by atoms with Crippen molar-refractivity contribution in [3.63, 3.8) is 0 Å². The average Bonchev–Trinajstić information content (AvgIpc) is 2.23. The average molecular weight is 237 g/mol. The number of nitrogens with one attached hydrogen (secondary N) is 4. The number of para-hydroxylation sites is 1. The van der Waals surface area contributed by atoms with E-state index in [2.05, 4.69) is 10.6 Å². The number of hydrogen-bond donors (Lipinski definition) is 7. The van der Waals surface area contributed by atoms with Gasteiger partial charge in [0.15, 0.2) is 23.4 Å². The van der Waals surface area contributed by atoms with Crippen LogP contribution in [0.1, 0.15) is 5.56 Å². The lowest BCUT2D eigenvalue weighted by Gasteiger charge is -2.09. The molecule has 0 fully saturated rings. The summed E-state index contributed by atoms with van der Waals surface area (Å²) >= 11 is 0. The number of nitrogens with two attached hydrogens (primary N) is 1. The molecule has 0 aromatic heterocycles. The Kier molecular flexibility index (Phi) is 4.15. The van der Waals surface area contributed by atoms with E-state index in [1.165, 1.54) is 6.07 Å². The molecule has 0 aliphatic rings. The fourth-order valence-corrected chi connectivity index (χ4v) is 1.28. The highest BCUT2D eigenvalue weighted by molar-refractivity contribution is 5.94. The zero-order chi connectivity index (χ0) is 12.8. The molecule has 7 heteroatoms. The van der Waals surface area contributed by atoms with Crippen LogP contribution in [0.5, 0.6) is 11.5 Å². The first-order valence-electron chi connectivity index (χ1n) is 4.94. The van der Waals surface area contributed by atoms with E-state index in [1.54, 1.807) is 12.1 Å². The fourth-order valence-electron chi connectivity index (χ4n) is 1.28. The molecule has 1 aromatic carbocycles. The van der Waals surface area contributed by atoms with Gasteiger partial charge < -0.3 is 21.3 Å². The zero-order valence-electron chi connectivity index (χ0n) is 9.12. The van der Waals surface area contributed by atoms with Crippen molar-refractivity contribution in [2.75, 3.05) is 6.54 Å². The first-order valence-corrected chi connectivity index (χ1v) is 4.94. The fraction of sp³-hybridized carbons (Fsp3) is 0.200. The van der Waals surface area contributed by atoms with Crippen LogP contribution < -0.4 is 16.4 Å². The molecule has 7 nitrogen and oxygen atoms in total. The predicted molar refractivity (Wildman–Crippen MR) is 64.3 cm³/mol. The summed E-state index contributed by atoms with van der Waals surface area (Å²) in [7, 11) is 0. The molecule has 0 spiro atoms. The smallest absolute Gasteiger partial charge is 0.195 e. The van der Waals surface area contributed by atoms with E-state index in [-0.39, 0.29) is 23.4 Å². The van der Waals surface area contributed by atoms with Crippen molar-refractivity contribution >= 4 is 11.9 Å². The molecule has 1 rings (SSSR count). The molecule has 0 unspecified atom stereocenters. The maximum absolute atomic E-state index is 9.51. The molecular weight excluding hydrogens is 222 g/mol. The van der Waals surface area contributed by atoms with E-state index < -0.39 is 0 Å². The molecule has 8 N–H and O–H groups in total. The van der Waals surface area contributed by atoms with Gasteiger partial charge in [0.2, 0.25) is 0 Å². The second kappa shape index (κ2) is 5.59. The maximum Gasteiger partial charge on any atom is 0.195 e. The van der Waals surface area contributed by atoms with E-state index in [0.29, 0.717) is 18.5 Å². The van der Waals surface area contributed by atoms with Crippen LogP contribution in [0.3, 0.4) is 0 Å². The van der Waals surface area contributed by atoms with Crippen LogP contribution >= 0.6 is 0 Å². The Morgan fingerprint density at radius 1 is 1.29 bits per heavy atom. The monoisotopic (exact) mass is 237 g/mol. The van der Waals surface area contributed by atoms with Gasteiger partial charge in [-0.3, -0.25) is 16.1 Å². The van der Waals surface area contributed by atoms with Crippen molar-refractivity contribution in [3.05, 3.63) is 23.8 Å². The third-order valence-electron chi connectivity index (χ3n) is 2.05. The van der Waals surface area contributed by atoms with E-state index in [4.69, 9.17) is 16.6 Å². The Hall–Kier alpha value is -2.44. The number of aromatic hydroxyl groups is 2. The van der Waals surface area contributed by atoms with Crippen molar-refractivity contribution in [1.29, 1.82) is 10.8 Å². The summed E-state index contributed by atoms with van der Waals surface area (Å²) in [5.74, 6) is -0.723. The second-order valence-corrected chi connectivity index (χ2v) is 3.38. The summed E-state index contributed by atoms with van der Waals surface area (Å²) in [6.07, 6.45) is 0.433. The normalized spacial score (nSPS) is 9.65. The van der Waals surface area contributed by atoms with Crippen LogP contribution in [0.4, 0.5) is 0 Å². The van der Waals surface area contributed by atoms with E-state index in [0.717, 1.165) is 0 Å². The molecule has 0 saturated heterocycles. The van der Waals surface area contributed by atoms with Gasteiger partial charge in [0.1, 0.15) is 0 Å². The molecule has 0 heterocycles. The number of phenolic OH excluding ortho intramolecular Hbond substituents is 2. The van der Waals surface area contributed by atoms with Crippen LogP contribution in [0, 0.1) is 10.8 Å². The van der Waals surface area contributed by atoms with Crippen LogP contribution in [0.2, 0.25) is 0 Å². The Labute approximate surface area is 98.3 Å². The summed E-state index contributed by atoms with van der Waals surface area (Å²) in [6, 6.07) is 4.70. The molecule has 0 bridgehead atoms. The van der Waals surface area contributed by atoms with E-state index >= 15 is 0 Å². The molecule has 0 aliphatic heterocycles. The minimum absolute atomic E-state index is 0.0860. The Balaban J connectivity index is 2.43. The predicted octanol–water partition coefficient (Wildman–Crippen LogP) is -0.352. The van der Waals surface area contributed by atoms with Gasteiger partial charge in [0.25, 0.3) is 0 Å². The minimum atomic E-state index is -0.317. The number of hydrogen-bond acceptors (Lipinski definition) is 4. The molecule has 0 amide bonds. The highest BCUT2D eigenvalue weighted by atomic mass is 16.3. The lowest BCUT2D eigenvalue weighted by molar-refractivity contribution is 0.399. The third-order valence-corrected chi connectivity index (χ3v) is 2.05. The summed E-state index contributed by atoms with van der Waals surface area (Å²) in [5.41, 5.74) is 5.62. The summed E-state index contributed by atoms with van der Waals surface area (Å²) in [6.45, 7) is 0.371. The highest BCUT2D eigenvalue weighted by Crippen LogP contribution is 2.28. The van der Waals surface area contributed by atoms with E-state index in [1.807, 2.05) is 0 Å². The molecule has 92 valence electrons. The number of rotatable bonds is 3. The van der Waals surface area contributed by atoms with Gasteiger partial charge in [-0.15, -0.1) is 0 Å². The van der Waals surface area contributed by atoms with Gasteiger partial charge >= 0.3 is 0 Å². The van der Waals surface area contributed by atoms with Crippen molar-refractivity contribution in [2.45, 2.75) is 6.42 Å². The molecule has 1 aromatic rings. The van der Waals surface area contributed by atoms with E-state index in [9.17, 15) is 10.2 Å². The van der Waals surface area contributed by atoms with Crippen molar-refractivity contribution in [3.8, 4) is 11.5 Å². The van der Waals surface area contributed by atoms with Gasteiger partial charge in [-0.05, 0) is 18.1 Å². The molecular formula is C10H15N5O2. The topological polar surface area (TPSA) is 138 Å². The molecule has 0 saturated carbocycles. The van der Waals surface area contributed by atoms with Gasteiger partial charge in [-0.25, -0.2) is 0 Å². The first kappa shape index (κ1) is 12.6. The Morgan fingerprint density at radius 3 is 2.65 bits per heavy atom. The van der Waals surface area contributed by atoms with Crippen molar-refractivity contribution in [2.24, 2.45) is 5.73 Å². The van der Waals surface area contributed by atoms with Crippen molar-refractivity contribution < 1.29 is 10.2 Å². The summed E-state index contributed by atoms with van der Waals surface area (Å²) in [5, 5.41) is 37.9. The third kappa shape index (κ3) is 3.90. The molecule has 0 atom stereocenters. The standard InChI is InChI=1S/C10H15N5O2/c11-9(12)15-10(13)14-5-4-6-2-1-3-7(16)8(6)17/h1-3,16-17H,4-5H2,(H6,11,12,13,14,15). The van der Waals surface area contributed by atoms with Gasteiger partial charge in [-0.1, -0.05) is 12.1 Å². The highest BCUT2D eigenvalue weighted by Gasteiger charge is 2.05. The zero-order valence-corrected chi connectivity index (χ0v) is 9.12. The van der Waals surface area contributed by atoms with Crippen LogP contribution in [-0.2, 0) is 6.42 Å². The van der Waals surface area contributed by atoms with Gasteiger partial charge in [0.05, 0.1) is 0 Å². The maximum atomic E-state index is 9.51. The first-order chi connectivity index (χ1) is 8.00. The Bertz CT molecular complexity index is 433. The lowest BCUT2D eigenvalue weighted by Crippen LogP contribution is -2.43. The lowest BCUT2D eigenvalue weighted by atomic mass is 10.1. The molecule has 0 radical (unpaired) electrons. The largest absolute Gasteiger partial charge is 0.504 e. The second-order valence-electron chi connectivity index (χ2n) is 3.38. The van der Waals surface area contributed by atoms with Gasteiger partial charge in [-0.2, -0.15) is 0 Å². The van der Waals surface area contributed by atoms with Crippen LogP contribution in [0.25, 0.3) is 0 Å². The van der Waals surface area contributed by atoms with Crippen LogP contribution in [-0.4, -0.2) is 28.7 Å². The van der Waals surface area contributed by atoms with Gasteiger partial charge in [0, 0.05) is 6.54 Å². The number of guanidine groups is 2. The summed E-state index contributed by atoms with van der Waals surface area (Å²) < 4.78 is 0. The minimum Gasteiger partial charge on any atom is -0.504 e. The number of benzene rings is 1. The number of phenols is 2.